The van der Waals surface area contributed by atoms with Gasteiger partial charge in [0, 0.05) is 31.4 Å². The third-order valence-corrected chi connectivity index (χ3v) is 3.82. The van der Waals surface area contributed by atoms with E-state index < -0.39 is 0 Å². The number of nitrogens with zero attached hydrogens (tertiary/aromatic N) is 5. The molecule has 1 aliphatic heterocycles. The van der Waals surface area contributed by atoms with Crippen LogP contribution in [0, 0.1) is 0 Å². The third kappa shape index (κ3) is 3.91. The molecule has 3 rings (SSSR count). The van der Waals surface area contributed by atoms with Crippen LogP contribution in [0.25, 0.3) is 0 Å². The van der Waals surface area contributed by atoms with Crippen LogP contribution in [0.2, 0.25) is 0 Å². The van der Waals surface area contributed by atoms with Gasteiger partial charge in [0.25, 0.3) is 0 Å². The first-order valence-corrected chi connectivity index (χ1v) is 7.66. The van der Waals surface area contributed by atoms with Gasteiger partial charge >= 0.3 is 0 Å². The number of aromatic nitrogens is 5. The van der Waals surface area contributed by atoms with Crippen molar-refractivity contribution < 1.29 is 4.79 Å². The van der Waals surface area contributed by atoms with Gasteiger partial charge in [0.1, 0.15) is 6.54 Å². The Morgan fingerprint density at radius 1 is 1.41 bits per heavy atom. The highest BCUT2D eigenvalue weighted by Crippen LogP contribution is 2.21. The van der Waals surface area contributed by atoms with Gasteiger partial charge in [-0.2, -0.15) is 5.10 Å². The Hall–Kier alpha value is -2.22. The fraction of sp³-hybridized carbons (Fsp3) is 0.571. The van der Waals surface area contributed by atoms with Crippen molar-refractivity contribution in [2.75, 3.05) is 19.6 Å². The topological polar surface area (TPSA) is 89.7 Å². The molecule has 8 nitrogen and oxygen atoms in total. The van der Waals surface area contributed by atoms with Gasteiger partial charge in [-0.25, -0.2) is 0 Å². The van der Waals surface area contributed by atoms with Gasteiger partial charge in [-0.3, -0.25) is 14.2 Å². The number of amides is 1. The first-order chi connectivity index (χ1) is 10.8. The zero-order valence-corrected chi connectivity index (χ0v) is 12.5. The van der Waals surface area contributed by atoms with Crippen molar-refractivity contribution >= 4 is 5.91 Å². The lowest BCUT2D eigenvalue weighted by Crippen LogP contribution is -2.31. The molecule has 3 heterocycles. The van der Waals surface area contributed by atoms with Gasteiger partial charge in [0.15, 0.2) is 0 Å². The predicted molar refractivity (Wildman–Crippen MR) is 80.1 cm³/mol. The maximum Gasteiger partial charge on any atom is 0.241 e. The molecule has 0 aliphatic carbocycles. The Balaban J connectivity index is 1.44. The van der Waals surface area contributed by atoms with E-state index in [-0.39, 0.29) is 12.5 Å². The molecule has 0 saturated carbocycles. The number of hydrogen-bond donors (Lipinski definition) is 2. The summed E-state index contributed by atoms with van der Waals surface area (Å²) in [6.07, 6.45) is 7.60. The maximum atomic E-state index is 11.9. The first kappa shape index (κ1) is 14.7. The lowest BCUT2D eigenvalue weighted by atomic mass is 9.97. The van der Waals surface area contributed by atoms with Gasteiger partial charge < -0.3 is 10.6 Å². The quantitative estimate of drug-likeness (QED) is 0.768. The Kier molecular flexibility index (Phi) is 4.79. The predicted octanol–water partition coefficient (Wildman–Crippen LogP) is -0.242. The SMILES string of the molecule is O=C(Cn1ccc([C@@H]2CCCNC2)n1)NCCn1ccnn1. The molecule has 0 bridgehead atoms. The molecule has 8 heteroatoms. The Labute approximate surface area is 128 Å². The Bertz CT molecular complexity index is 586. The first-order valence-electron chi connectivity index (χ1n) is 7.66. The maximum absolute atomic E-state index is 11.9. The number of nitrogens with one attached hydrogen (secondary N) is 2. The van der Waals surface area contributed by atoms with Crippen molar-refractivity contribution in [2.45, 2.75) is 31.8 Å². The average Bonchev–Trinajstić information content (AvgIpc) is 3.20. The smallest absolute Gasteiger partial charge is 0.241 e. The van der Waals surface area contributed by atoms with Gasteiger partial charge in [-0.05, 0) is 25.5 Å². The van der Waals surface area contributed by atoms with E-state index in [9.17, 15) is 4.79 Å². The van der Waals surface area contributed by atoms with E-state index in [1.165, 1.54) is 6.42 Å². The summed E-state index contributed by atoms with van der Waals surface area (Å²) in [6.45, 7) is 3.46. The molecule has 22 heavy (non-hydrogen) atoms. The molecule has 1 fully saturated rings. The number of carbonyl (C=O) groups is 1. The van der Waals surface area contributed by atoms with Crippen molar-refractivity contribution in [3.8, 4) is 0 Å². The van der Waals surface area contributed by atoms with Crippen LogP contribution >= 0.6 is 0 Å². The van der Waals surface area contributed by atoms with E-state index in [4.69, 9.17) is 0 Å². The van der Waals surface area contributed by atoms with Gasteiger partial charge in [-0.1, -0.05) is 5.21 Å². The van der Waals surface area contributed by atoms with Crippen LogP contribution in [0.4, 0.5) is 0 Å². The highest BCUT2D eigenvalue weighted by molar-refractivity contribution is 5.75. The normalized spacial score (nSPS) is 18.3. The number of rotatable bonds is 6. The van der Waals surface area contributed by atoms with Crippen LogP contribution < -0.4 is 10.6 Å². The summed E-state index contributed by atoms with van der Waals surface area (Å²) < 4.78 is 3.39. The second-order valence-corrected chi connectivity index (χ2v) is 5.50. The molecule has 1 saturated heterocycles. The van der Waals surface area contributed by atoms with Crippen LogP contribution in [0.15, 0.2) is 24.7 Å². The van der Waals surface area contributed by atoms with Crippen LogP contribution in [0.3, 0.4) is 0 Å². The fourth-order valence-corrected chi connectivity index (χ4v) is 2.65. The van der Waals surface area contributed by atoms with Crippen LogP contribution in [0.5, 0.6) is 0 Å². The summed E-state index contributed by atoms with van der Waals surface area (Å²) in [6, 6.07) is 2.01. The molecular formula is C14H21N7O. The second kappa shape index (κ2) is 7.17. The highest BCUT2D eigenvalue weighted by atomic mass is 16.2. The molecule has 0 radical (unpaired) electrons. The van der Waals surface area contributed by atoms with Gasteiger partial charge in [-0.15, -0.1) is 5.10 Å². The summed E-state index contributed by atoms with van der Waals surface area (Å²) in [5.74, 6) is 0.418. The summed E-state index contributed by atoms with van der Waals surface area (Å²) in [5.41, 5.74) is 1.07. The van der Waals surface area contributed by atoms with E-state index in [1.54, 1.807) is 21.8 Å². The Morgan fingerprint density at radius 2 is 2.36 bits per heavy atom. The number of piperidine rings is 1. The van der Waals surface area contributed by atoms with E-state index in [2.05, 4.69) is 26.0 Å². The highest BCUT2D eigenvalue weighted by Gasteiger charge is 2.17. The average molecular weight is 303 g/mol. The van der Waals surface area contributed by atoms with Crippen molar-refractivity contribution in [2.24, 2.45) is 0 Å². The lowest BCUT2D eigenvalue weighted by molar-refractivity contribution is -0.121. The second-order valence-electron chi connectivity index (χ2n) is 5.50. The van der Waals surface area contributed by atoms with Crippen molar-refractivity contribution in [3.05, 3.63) is 30.4 Å². The minimum atomic E-state index is -0.0449. The molecule has 1 amide bonds. The minimum absolute atomic E-state index is 0.0449. The number of hydrogen-bond acceptors (Lipinski definition) is 5. The van der Waals surface area contributed by atoms with E-state index in [0.717, 1.165) is 25.2 Å². The fourth-order valence-electron chi connectivity index (χ4n) is 2.65. The summed E-state index contributed by atoms with van der Waals surface area (Å²) >= 11 is 0. The van der Waals surface area contributed by atoms with Crippen molar-refractivity contribution in [1.29, 1.82) is 0 Å². The molecule has 2 N–H and O–H groups in total. The molecule has 2 aromatic heterocycles. The summed E-state index contributed by atoms with van der Waals surface area (Å²) in [7, 11) is 0. The standard InChI is InChI=1S/C14H21N7O/c22-14(16-5-8-20-9-6-17-19-20)11-21-7-3-13(18-21)12-2-1-4-15-10-12/h3,6-7,9,12,15H,1-2,4-5,8,10-11H2,(H,16,22)/t12-/m1/s1. The third-order valence-electron chi connectivity index (χ3n) is 3.82. The van der Waals surface area contributed by atoms with E-state index in [0.29, 0.717) is 19.0 Å². The molecule has 0 aromatic carbocycles. The summed E-state index contributed by atoms with van der Waals surface area (Å²) in [5, 5.41) is 18.3. The number of carbonyl (C=O) groups excluding carboxylic acids is 1. The molecule has 1 atom stereocenters. The van der Waals surface area contributed by atoms with Gasteiger partial charge in [0.05, 0.1) is 18.4 Å². The van der Waals surface area contributed by atoms with E-state index >= 15 is 0 Å². The largest absolute Gasteiger partial charge is 0.353 e. The lowest BCUT2D eigenvalue weighted by Gasteiger charge is -2.20. The monoisotopic (exact) mass is 303 g/mol. The zero-order chi connectivity index (χ0) is 15.2. The summed E-state index contributed by atoms with van der Waals surface area (Å²) in [4.78, 5) is 11.9. The minimum Gasteiger partial charge on any atom is -0.353 e. The van der Waals surface area contributed by atoms with Crippen LogP contribution in [0.1, 0.15) is 24.5 Å². The zero-order valence-electron chi connectivity index (χ0n) is 12.5. The molecule has 2 aromatic rings. The molecule has 1 aliphatic rings. The van der Waals surface area contributed by atoms with Gasteiger partial charge in [0.2, 0.25) is 5.91 Å². The molecule has 0 unspecified atom stereocenters. The Morgan fingerprint density at radius 3 is 3.14 bits per heavy atom. The molecule has 0 spiro atoms. The van der Waals surface area contributed by atoms with E-state index in [1.807, 2.05) is 12.3 Å². The van der Waals surface area contributed by atoms with Crippen molar-refractivity contribution in [3.63, 3.8) is 0 Å². The van der Waals surface area contributed by atoms with Crippen LogP contribution in [-0.4, -0.2) is 50.3 Å². The van der Waals surface area contributed by atoms with Crippen LogP contribution in [-0.2, 0) is 17.9 Å². The molecular weight excluding hydrogens is 282 g/mol. The molecule has 118 valence electrons. The van der Waals surface area contributed by atoms with Crippen molar-refractivity contribution in [1.82, 2.24) is 35.4 Å².